The van der Waals surface area contributed by atoms with Gasteiger partial charge in [0.2, 0.25) is 0 Å². The summed E-state index contributed by atoms with van der Waals surface area (Å²) in [7, 11) is 2.02. The van der Waals surface area contributed by atoms with Gasteiger partial charge in [0, 0.05) is 18.5 Å². The average molecular weight is 255 g/mol. The van der Waals surface area contributed by atoms with Gasteiger partial charge in [0.15, 0.2) is 0 Å². The molecule has 1 aromatic heterocycles. The number of imidazole rings is 1. The first-order valence-corrected chi connectivity index (χ1v) is 6.89. The quantitative estimate of drug-likeness (QED) is 0.893. The Bertz CT molecular complexity index is 648. The lowest BCUT2D eigenvalue weighted by Gasteiger charge is -2.08. The van der Waals surface area contributed by atoms with Crippen molar-refractivity contribution >= 4 is 5.82 Å². The van der Waals surface area contributed by atoms with Crippen LogP contribution in [-0.2, 0) is 7.05 Å². The van der Waals surface area contributed by atoms with Gasteiger partial charge in [0.25, 0.3) is 0 Å². The fourth-order valence-electron chi connectivity index (χ4n) is 2.65. The molecule has 1 aliphatic rings. The van der Waals surface area contributed by atoms with Crippen molar-refractivity contribution in [1.82, 2.24) is 9.55 Å². The van der Waals surface area contributed by atoms with Crippen LogP contribution in [0.15, 0.2) is 12.1 Å². The summed E-state index contributed by atoms with van der Waals surface area (Å²) in [5.74, 6) is 2.55. The summed E-state index contributed by atoms with van der Waals surface area (Å²) in [5.41, 5.74) is 12.2. The topological polar surface area (TPSA) is 43.8 Å². The lowest BCUT2D eigenvalue weighted by Crippen LogP contribution is -2.00. The maximum Gasteiger partial charge on any atom is 0.131 e. The molecule has 3 nitrogen and oxygen atoms in total. The molecule has 19 heavy (non-hydrogen) atoms. The molecular formula is C16H21N3. The molecule has 0 unspecified atom stereocenters. The standard InChI is InChI=1S/C16H21N3/c1-9-7-11(3)13(8-10(9)2)14-15(17)19(4)16(18-14)12-5-6-12/h7-8,12H,5-6,17H2,1-4H3. The Balaban J connectivity index is 2.16. The molecular weight excluding hydrogens is 234 g/mol. The Morgan fingerprint density at radius 1 is 1.11 bits per heavy atom. The predicted molar refractivity (Wildman–Crippen MR) is 79.2 cm³/mol. The minimum Gasteiger partial charge on any atom is -0.383 e. The van der Waals surface area contributed by atoms with E-state index in [4.69, 9.17) is 10.7 Å². The lowest BCUT2D eigenvalue weighted by atomic mass is 9.99. The van der Waals surface area contributed by atoms with Gasteiger partial charge >= 0.3 is 0 Å². The Labute approximate surface area is 114 Å². The van der Waals surface area contributed by atoms with Crippen LogP contribution >= 0.6 is 0 Å². The van der Waals surface area contributed by atoms with Gasteiger partial charge in [-0.25, -0.2) is 4.98 Å². The van der Waals surface area contributed by atoms with Crippen molar-refractivity contribution < 1.29 is 0 Å². The first kappa shape index (κ1) is 12.3. The zero-order chi connectivity index (χ0) is 13.7. The summed E-state index contributed by atoms with van der Waals surface area (Å²) in [6.07, 6.45) is 2.49. The number of rotatable bonds is 2. The van der Waals surface area contributed by atoms with Crippen molar-refractivity contribution in [3.63, 3.8) is 0 Å². The molecule has 3 rings (SSSR count). The number of nitrogens with two attached hydrogens (primary N) is 1. The van der Waals surface area contributed by atoms with Crippen molar-refractivity contribution in [1.29, 1.82) is 0 Å². The molecule has 1 saturated carbocycles. The van der Waals surface area contributed by atoms with E-state index >= 15 is 0 Å². The van der Waals surface area contributed by atoms with Gasteiger partial charge in [-0.05, 0) is 56.4 Å². The first-order valence-electron chi connectivity index (χ1n) is 6.89. The second-order valence-corrected chi connectivity index (χ2v) is 5.79. The molecule has 100 valence electrons. The second-order valence-electron chi connectivity index (χ2n) is 5.79. The van der Waals surface area contributed by atoms with E-state index in [0.29, 0.717) is 5.92 Å². The smallest absolute Gasteiger partial charge is 0.131 e. The molecule has 1 aliphatic carbocycles. The third-order valence-electron chi connectivity index (χ3n) is 4.21. The van der Waals surface area contributed by atoms with Gasteiger partial charge in [0.1, 0.15) is 17.3 Å². The van der Waals surface area contributed by atoms with Crippen molar-refractivity contribution in [2.75, 3.05) is 5.73 Å². The molecule has 0 bridgehead atoms. The maximum atomic E-state index is 6.26. The van der Waals surface area contributed by atoms with Crippen LogP contribution in [0.25, 0.3) is 11.3 Å². The highest BCUT2D eigenvalue weighted by Crippen LogP contribution is 2.42. The van der Waals surface area contributed by atoms with Crippen molar-refractivity contribution in [2.45, 2.75) is 39.5 Å². The average Bonchev–Trinajstić information content (AvgIpc) is 3.15. The molecule has 0 saturated heterocycles. The molecule has 2 N–H and O–H groups in total. The van der Waals surface area contributed by atoms with Crippen LogP contribution in [0.5, 0.6) is 0 Å². The summed E-state index contributed by atoms with van der Waals surface area (Å²) in [6, 6.07) is 4.43. The molecule has 1 aromatic carbocycles. The van der Waals surface area contributed by atoms with E-state index in [0.717, 1.165) is 17.3 Å². The largest absolute Gasteiger partial charge is 0.383 e. The van der Waals surface area contributed by atoms with E-state index in [1.807, 2.05) is 7.05 Å². The van der Waals surface area contributed by atoms with Gasteiger partial charge in [-0.15, -0.1) is 0 Å². The number of hydrogen-bond acceptors (Lipinski definition) is 2. The van der Waals surface area contributed by atoms with Gasteiger partial charge in [-0.2, -0.15) is 0 Å². The summed E-state index contributed by atoms with van der Waals surface area (Å²) in [5, 5.41) is 0. The van der Waals surface area contributed by atoms with Crippen molar-refractivity contribution in [2.24, 2.45) is 7.05 Å². The first-order chi connectivity index (χ1) is 8.99. The molecule has 0 spiro atoms. The minimum absolute atomic E-state index is 0.618. The van der Waals surface area contributed by atoms with Crippen LogP contribution in [0, 0.1) is 20.8 Å². The SMILES string of the molecule is Cc1cc(C)c(-c2nc(C3CC3)n(C)c2N)cc1C. The van der Waals surface area contributed by atoms with E-state index in [1.54, 1.807) is 0 Å². The van der Waals surface area contributed by atoms with E-state index in [1.165, 1.54) is 35.1 Å². The van der Waals surface area contributed by atoms with Crippen LogP contribution < -0.4 is 5.73 Å². The third-order valence-corrected chi connectivity index (χ3v) is 4.21. The fourth-order valence-corrected chi connectivity index (χ4v) is 2.65. The number of nitrogens with zero attached hydrogens (tertiary/aromatic N) is 2. The highest BCUT2D eigenvalue weighted by atomic mass is 15.1. The van der Waals surface area contributed by atoms with Crippen LogP contribution in [0.3, 0.4) is 0 Å². The Kier molecular flexibility index (Phi) is 2.66. The van der Waals surface area contributed by atoms with E-state index in [2.05, 4.69) is 37.5 Å². The molecule has 0 radical (unpaired) electrons. The summed E-state index contributed by atoms with van der Waals surface area (Å²) in [4.78, 5) is 4.81. The maximum absolute atomic E-state index is 6.26. The molecule has 0 amide bonds. The molecule has 1 heterocycles. The van der Waals surface area contributed by atoms with E-state index < -0.39 is 0 Å². The van der Waals surface area contributed by atoms with Gasteiger partial charge in [0.05, 0.1) is 0 Å². The van der Waals surface area contributed by atoms with Gasteiger partial charge in [-0.3, -0.25) is 0 Å². The number of benzene rings is 1. The minimum atomic E-state index is 0.618. The van der Waals surface area contributed by atoms with E-state index in [9.17, 15) is 0 Å². The van der Waals surface area contributed by atoms with Gasteiger partial charge in [-0.1, -0.05) is 6.07 Å². The molecule has 3 heteroatoms. The lowest BCUT2D eigenvalue weighted by molar-refractivity contribution is 0.807. The van der Waals surface area contributed by atoms with Gasteiger partial charge < -0.3 is 10.3 Å². The number of nitrogen functional groups attached to an aromatic ring is 1. The fraction of sp³-hybridized carbons (Fsp3) is 0.438. The normalized spacial score (nSPS) is 14.9. The summed E-state index contributed by atoms with van der Waals surface area (Å²) in [6.45, 7) is 6.41. The monoisotopic (exact) mass is 255 g/mol. The van der Waals surface area contributed by atoms with Crippen LogP contribution in [0.1, 0.15) is 41.3 Å². The second kappa shape index (κ2) is 4.12. The van der Waals surface area contributed by atoms with Crippen LogP contribution in [-0.4, -0.2) is 9.55 Å². The molecule has 1 fully saturated rings. The number of anilines is 1. The Morgan fingerprint density at radius 2 is 1.74 bits per heavy atom. The van der Waals surface area contributed by atoms with Crippen molar-refractivity contribution in [3.8, 4) is 11.3 Å². The molecule has 2 aromatic rings. The van der Waals surface area contributed by atoms with E-state index in [-0.39, 0.29) is 0 Å². The number of hydrogen-bond donors (Lipinski definition) is 1. The zero-order valence-electron chi connectivity index (χ0n) is 12.1. The molecule has 0 atom stereocenters. The van der Waals surface area contributed by atoms with Crippen LogP contribution in [0.4, 0.5) is 5.82 Å². The predicted octanol–water partition coefficient (Wildman–Crippen LogP) is 3.47. The Hall–Kier alpha value is -1.77. The Morgan fingerprint density at radius 3 is 2.37 bits per heavy atom. The highest BCUT2D eigenvalue weighted by Gasteiger charge is 2.30. The number of aryl methyl sites for hydroxylation is 3. The van der Waals surface area contributed by atoms with Crippen LogP contribution in [0.2, 0.25) is 0 Å². The summed E-state index contributed by atoms with van der Waals surface area (Å²) >= 11 is 0. The highest BCUT2D eigenvalue weighted by molar-refractivity contribution is 5.74. The number of aromatic nitrogens is 2. The summed E-state index contributed by atoms with van der Waals surface area (Å²) < 4.78 is 2.06. The van der Waals surface area contributed by atoms with Crippen molar-refractivity contribution in [3.05, 3.63) is 34.6 Å². The molecule has 0 aliphatic heterocycles. The third kappa shape index (κ3) is 1.93. The zero-order valence-corrected chi connectivity index (χ0v) is 12.1.